The molecule has 1 aromatic heterocycles. The molecule has 1 aromatic rings. The van der Waals surface area contributed by atoms with Gasteiger partial charge in [-0.2, -0.15) is 0 Å². The fourth-order valence-electron chi connectivity index (χ4n) is 0.743. The van der Waals surface area contributed by atoms with Gasteiger partial charge >= 0.3 is 11.9 Å². The normalized spacial score (nSPS) is 9.62. The summed E-state index contributed by atoms with van der Waals surface area (Å²) in [5.74, 6) is -2.16. The van der Waals surface area contributed by atoms with Crippen LogP contribution in [0.2, 0.25) is 0 Å². The summed E-state index contributed by atoms with van der Waals surface area (Å²) in [4.78, 5) is 20.6. The van der Waals surface area contributed by atoms with E-state index < -0.39 is 11.9 Å². The summed E-state index contributed by atoms with van der Waals surface area (Å²) in [6.07, 6.45) is 0. The van der Waals surface area contributed by atoms with Crippen molar-refractivity contribution in [1.82, 2.24) is 10.5 Å². The smallest absolute Gasteiger partial charge is 0.394 e. The van der Waals surface area contributed by atoms with E-state index in [1.165, 1.54) is 0 Å². The predicted molar refractivity (Wildman–Crippen MR) is 40.7 cm³/mol. The van der Waals surface area contributed by atoms with Gasteiger partial charge in [0.25, 0.3) is 0 Å². The molecule has 1 rings (SSSR count). The van der Waals surface area contributed by atoms with Crippen molar-refractivity contribution >= 4 is 11.9 Å². The number of amides is 1. The molecule has 70 valence electrons. The summed E-state index contributed by atoms with van der Waals surface area (Å²) >= 11 is 0. The van der Waals surface area contributed by atoms with Gasteiger partial charge in [0.1, 0.15) is 0 Å². The lowest BCUT2D eigenvalue weighted by molar-refractivity contribution is -0.150. The largest absolute Gasteiger partial charge is 0.474 e. The minimum atomic E-state index is -1.52. The Balaban J connectivity index is 2.44. The second-order valence-corrected chi connectivity index (χ2v) is 2.42. The molecule has 0 aromatic carbocycles. The van der Waals surface area contributed by atoms with Crippen LogP contribution < -0.4 is 5.32 Å². The lowest BCUT2D eigenvalue weighted by Crippen LogP contribution is -2.29. The summed E-state index contributed by atoms with van der Waals surface area (Å²) in [5.41, 5.74) is 0.680. The molecular weight excluding hydrogens is 176 g/mol. The van der Waals surface area contributed by atoms with Crippen LogP contribution in [-0.4, -0.2) is 22.1 Å². The van der Waals surface area contributed by atoms with Crippen LogP contribution in [0.3, 0.4) is 0 Å². The molecule has 6 heteroatoms. The van der Waals surface area contributed by atoms with E-state index in [9.17, 15) is 9.59 Å². The van der Waals surface area contributed by atoms with Gasteiger partial charge in [-0.15, -0.1) is 0 Å². The first-order valence-corrected chi connectivity index (χ1v) is 3.53. The number of hydrogen-bond donors (Lipinski definition) is 2. The average molecular weight is 184 g/mol. The zero-order valence-electron chi connectivity index (χ0n) is 6.90. The highest BCUT2D eigenvalue weighted by Gasteiger charge is 2.11. The highest BCUT2D eigenvalue weighted by Crippen LogP contribution is 2.00. The van der Waals surface area contributed by atoms with E-state index in [-0.39, 0.29) is 6.54 Å². The first-order valence-electron chi connectivity index (χ1n) is 3.53. The second-order valence-electron chi connectivity index (χ2n) is 2.42. The fourth-order valence-corrected chi connectivity index (χ4v) is 0.743. The lowest BCUT2D eigenvalue weighted by atomic mass is 10.4. The zero-order valence-corrected chi connectivity index (χ0v) is 6.90. The molecule has 1 heterocycles. The highest BCUT2D eigenvalue weighted by molar-refractivity contribution is 6.31. The molecule has 13 heavy (non-hydrogen) atoms. The molecule has 0 saturated heterocycles. The maximum Gasteiger partial charge on any atom is 0.394 e. The van der Waals surface area contributed by atoms with Crippen molar-refractivity contribution in [2.24, 2.45) is 0 Å². The molecule has 0 unspecified atom stereocenters. The van der Waals surface area contributed by atoms with Crippen LogP contribution >= 0.6 is 0 Å². The first-order chi connectivity index (χ1) is 6.09. The molecule has 0 radical (unpaired) electrons. The van der Waals surface area contributed by atoms with Crippen LogP contribution in [0.5, 0.6) is 0 Å². The van der Waals surface area contributed by atoms with Crippen LogP contribution in [-0.2, 0) is 16.1 Å². The molecular formula is C7H8N2O4. The number of carboxylic acid groups (broad SMARTS) is 1. The molecule has 0 fully saturated rings. The van der Waals surface area contributed by atoms with E-state index in [2.05, 4.69) is 10.5 Å². The van der Waals surface area contributed by atoms with Crippen molar-refractivity contribution in [3.8, 4) is 0 Å². The Morgan fingerprint density at radius 3 is 2.85 bits per heavy atom. The maximum atomic E-state index is 10.6. The van der Waals surface area contributed by atoms with Crippen LogP contribution in [0.15, 0.2) is 10.6 Å². The molecule has 0 spiro atoms. The van der Waals surface area contributed by atoms with Gasteiger partial charge in [0.05, 0.1) is 12.2 Å². The Morgan fingerprint density at radius 1 is 1.69 bits per heavy atom. The molecule has 1 amide bonds. The molecule has 0 bridgehead atoms. The van der Waals surface area contributed by atoms with Crippen LogP contribution in [0.4, 0.5) is 0 Å². The zero-order chi connectivity index (χ0) is 9.84. The Labute approximate surface area is 73.5 Å². The number of nitrogens with one attached hydrogen (secondary N) is 1. The Kier molecular flexibility index (Phi) is 2.63. The van der Waals surface area contributed by atoms with Crippen LogP contribution in [0, 0.1) is 6.92 Å². The maximum absolute atomic E-state index is 10.6. The second kappa shape index (κ2) is 3.70. The fraction of sp³-hybridized carbons (Fsp3) is 0.286. The molecule has 0 aliphatic heterocycles. The van der Waals surface area contributed by atoms with Crippen LogP contribution in [0.1, 0.15) is 11.5 Å². The molecule has 0 aliphatic rings. The van der Waals surface area contributed by atoms with Crippen molar-refractivity contribution in [2.45, 2.75) is 13.5 Å². The van der Waals surface area contributed by atoms with Gasteiger partial charge in [-0.25, -0.2) is 4.79 Å². The summed E-state index contributed by atoms with van der Waals surface area (Å²) in [6.45, 7) is 1.76. The van der Waals surface area contributed by atoms with E-state index in [1.807, 2.05) is 0 Å². The number of hydrogen-bond acceptors (Lipinski definition) is 4. The number of aromatic nitrogens is 1. The van der Waals surface area contributed by atoms with Crippen molar-refractivity contribution in [1.29, 1.82) is 0 Å². The van der Waals surface area contributed by atoms with E-state index in [1.54, 1.807) is 13.0 Å². The lowest BCUT2D eigenvalue weighted by Gasteiger charge is -1.95. The highest BCUT2D eigenvalue weighted by atomic mass is 16.5. The monoisotopic (exact) mass is 184 g/mol. The quantitative estimate of drug-likeness (QED) is 0.614. The van der Waals surface area contributed by atoms with Gasteiger partial charge in [-0.3, -0.25) is 4.79 Å². The molecule has 0 saturated carbocycles. The van der Waals surface area contributed by atoms with Crippen LogP contribution in [0.25, 0.3) is 0 Å². The molecule has 0 atom stereocenters. The van der Waals surface area contributed by atoms with E-state index in [0.717, 1.165) is 0 Å². The van der Waals surface area contributed by atoms with E-state index in [0.29, 0.717) is 11.5 Å². The standard InChI is InChI=1S/C7H8N2O4/c1-4-2-5(13-9-4)3-8-6(10)7(11)12/h2H,3H2,1H3,(H,8,10)(H,11,12). The predicted octanol–water partition coefficient (Wildman–Crippen LogP) is -0.316. The Morgan fingerprint density at radius 2 is 2.38 bits per heavy atom. The number of carbonyl (C=O) groups excluding carboxylic acids is 1. The van der Waals surface area contributed by atoms with Crippen molar-refractivity contribution < 1.29 is 19.2 Å². The summed E-state index contributed by atoms with van der Waals surface area (Å²) in [7, 11) is 0. The Hall–Kier alpha value is -1.85. The third-order valence-electron chi connectivity index (χ3n) is 1.29. The van der Waals surface area contributed by atoms with Gasteiger partial charge in [0.2, 0.25) is 0 Å². The number of carboxylic acids is 1. The van der Waals surface area contributed by atoms with Gasteiger partial charge in [0, 0.05) is 6.07 Å². The molecule has 0 aliphatic carbocycles. The van der Waals surface area contributed by atoms with Gasteiger partial charge < -0.3 is 14.9 Å². The van der Waals surface area contributed by atoms with Gasteiger partial charge in [-0.05, 0) is 6.92 Å². The Bertz CT molecular complexity index is 331. The number of rotatable bonds is 2. The third-order valence-corrected chi connectivity index (χ3v) is 1.29. The third kappa shape index (κ3) is 2.58. The number of aryl methyl sites for hydroxylation is 1. The summed E-state index contributed by atoms with van der Waals surface area (Å²) in [5, 5.41) is 13.9. The van der Waals surface area contributed by atoms with Crippen molar-refractivity contribution in [2.75, 3.05) is 0 Å². The minimum absolute atomic E-state index is 0.0337. The number of nitrogens with zero attached hydrogens (tertiary/aromatic N) is 1. The van der Waals surface area contributed by atoms with E-state index in [4.69, 9.17) is 9.63 Å². The van der Waals surface area contributed by atoms with Gasteiger partial charge in [0.15, 0.2) is 5.76 Å². The first kappa shape index (κ1) is 9.24. The minimum Gasteiger partial charge on any atom is -0.474 e. The summed E-state index contributed by atoms with van der Waals surface area (Å²) in [6, 6.07) is 1.61. The number of carbonyl (C=O) groups is 2. The number of aliphatic carboxylic acids is 1. The average Bonchev–Trinajstić information content (AvgIpc) is 2.47. The van der Waals surface area contributed by atoms with E-state index >= 15 is 0 Å². The SMILES string of the molecule is Cc1cc(CNC(=O)C(=O)O)on1. The molecule has 2 N–H and O–H groups in total. The van der Waals surface area contributed by atoms with Gasteiger partial charge in [-0.1, -0.05) is 5.16 Å². The van der Waals surface area contributed by atoms with Crippen molar-refractivity contribution in [3.05, 3.63) is 17.5 Å². The summed E-state index contributed by atoms with van der Waals surface area (Å²) < 4.78 is 4.74. The van der Waals surface area contributed by atoms with Crippen molar-refractivity contribution in [3.63, 3.8) is 0 Å². The topological polar surface area (TPSA) is 92.4 Å². The molecule has 6 nitrogen and oxygen atoms in total.